The lowest BCUT2D eigenvalue weighted by Gasteiger charge is -2.44. The van der Waals surface area contributed by atoms with E-state index in [0.29, 0.717) is 39.6 Å². The van der Waals surface area contributed by atoms with Crippen LogP contribution in [-0.2, 0) is 42.5 Å². The summed E-state index contributed by atoms with van der Waals surface area (Å²) >= 11 is 0. The zero-order chi connectivity index (χ0) is 28.2. The van der Waals surface area contributed by atoms with E-state index in [1.54, 1.807) is 21.1 Å². The molecule has 0 spiro atoms. The summed E-state index contributed by atoms with van der Waals surface area (Å²) in [6, 6.07) is 14.7. The molecule has 0 amide bonds. The van der Waals surface area contributed by atoms with Crippen LogP contribution in [0.1, 0.15) is 36.5 Å². The topological polar surface area (TPSA) is 90.9 Å². The first-order chi connectivity index (χ1) is 19.6. The molecule has 0 radical (unpaired) electrons. The number of nitrogens with zero attached hydrogens (tertiary/aromatic N) is 1. The second kappa shape index (κ2) is 15.7. The number of ether oxygens (including phenoxy) is 6. The third-order valence-corrected chi connectivity index (χ3v) is 7.46. The van der Waals surface area contributed by atoms with Crippen LogP contribution in [0.2, 0.25) is 0 Å². The molecule has 2 heterocycles. The summed E-state index contributed by atoms with van der Waals surface area (Å²) in [6.45, 7) is 8.73. The summed E-state index contributed by atoms with van der Waals surface area (Å²) in [4.78, 5) is 2.36. The highest BCUT2D eigenvalue weighted by molar-refractivity contribution is 5.61. The Morgan fingerprint density at radius 3 is 2.62 bits per heavy atom. The highest BCUT2D eigenvalue weighted by Crippen LogP contribution is 2.38. The first kappa shape index (κ1) is 30.7. The standard InChI is InChI=1S/C31H46N2O7/c1-24(34)21-40-31(27-8-5-25(6-9-27)22-37-18-17-36-3)11-12-32-20-30(31)39-23-26-7-10-29-28(19-26)33(14-16-38-29)13-4-15-35-2/h5-10,19,24,30,32,34H,4,11-18,20-23H2,1-3H3/t24-,30-,31-/m0/s1. The summed E-state index contributed by atoms with van der Waals surface area (Å²) in [5.41, 5.74) is 3.64. The molecule has 9 nitrogen and oxygen atoms in total. The smallest absolute Gasteiger partial charge is 0.142 e. The summed E-state index contributed by atoms with van der Waals surface area (Å²) in [5, 5.41) is 13.6. The van der Waals surface area contributed by atoms with Crippen LogP contribution in [-0.4, -0.2) is 90.7 Å². The van der Waals surface area contributed by atoms with Gasteiger partial charge < -0.3 is 43.7 Å². The largest absolute Gasteiger partial charge is 0.490 e. The first-order valence-corrected chi connectivity index (χ1v) is 14.4. The monoisotopic (exact) mass is 558 g/mol. The number of rotatable bonds is 16. The Bertz CT molecular complexity index is 1020. The number of aliphatic hydroxyl groups excluding tert-OH is 1. The van der Waals surface area contributed by atoms with Gasteiger partial charge in [-0.2, -0.15) is 0 Å². The molecule has 0 aromatic heterocycles. The molecular weight excluding hydrogens is 512 g/mol. The number of aliphatic hydroxyl groups is 1. The van der Waals surface area contributed by atoms with Crippen molar-refractivity contribution in [1.29, 1.82) is 0 Å². The van der Waals surface area contributed by atoms with Crippen molar-refractivity contribution in [2.75, 3.05) is 78.3 Å². The fraction of sp³-hybridized carbons (Fsp3) is 0.613. The Morgan fingerprint density at radius 2 is 1.85 bits per heavy atom. The van der Waals surface area contributed by atoms with Gasteiger partial charge in [-0.3, -0.25) is 0 Å². The van der Waals surface area contributed by atoms with Gasteiger partial charge in [0.1, 0.15) is 24.1 Å². The van der Waals surface area contributed by atoms with Crippen LogP contribution in [0, 0.1) is 0 Å². The van der Waals surface area contributed by atoms with Crippen LogP contribution in [0.3, 0.4) is 0 Å². The highest BCUT2D eigenvalue weighted by atomic mass is 16.6. The van der Waals surface area contributed by atoms with Crippen molar-refractivity contribution in [2.45, 2.75) is 50.8 Å². The quantitative estimate of drug-likeness (QED) is 0.301. The molecule has 0 aliphatic carbocycles. The van der Waals surface area contributed by atoms with Crippen molar-refractivity contribution in [3.63, 3.8) is 0 Å². The van der Waals surface area contributed by atoms with E-state index >= 15 is 0 Å². The lowest BCUT2D eigenvalue weighted by atomic mass is 9.81. The SMILES string of the molecule is COCCCN1CCOc2ccc(CO[C@H]3CNCC[C@]3(OC[C@H](C)O)c3ccc(COCCOC)cc3)cc21. The Balaban J connectivity index is 1.49. The molecule has 222 valence electrons. The molecule has 2 aromatic carbocycles. The number of fused-ring (bicyclic) bond motifs is 1. The number of nitrogens with one attached hydrogen (secondary N) is 1. The Hall–Kier alpha value is -2.24. The minimum absolute atomic E-state index is 0.231. The maximum atomic E-state index is 10.1. The molecule has 0 bridgehead atoms. The minimum atomic E-state index is -0.679. The zero-order valence-electron chi connectivity index (χ0n) is 24.2. The van der Waals surface area contributed by atoms with Crippen molar-refractivity contribution in [3.05, 3.63) is 59.2 Å². The predicted octanol–water partition coefficient (Wildman–Crippen LogP) is 3.26. The fourth-order valence-corrected chi connectivity index (χ4v) is 5.33. The normalized spacial score (nSPS) is 21.6. The summed E-state index contributed by atoms with van der Waals surface area (Å²) < 4.78 is 35.1. The van der Waals surface area contributed by atoms with Gasteiger partial charge in [0.2, 0.25) is 0 Å². The zero-order valence-corrected chi connectivity index (χ0v) is 24.2. The summed E-state index contributed by atoms with van der Waals surface area (Å²) in [6.07, 6.45) is 0.879. The highest BCUT2D eigenvalue weighted by Gasteiger charge is 2.44. The molecular formula is C31H46N2O7. The van der Waals surface area contributed by atoms with Gasteiger partial charge in [0.15, 0.2) is 0 Å². The average Bonchev–Trinajstić information content (AvgIpc) is 2.98. The lowest BCUT2D eigenvalue weighted by Crippen LogP contribution is -2.55. The van der Waals surface area contributed by atoms with E-state index in [4.69, 9.17) is 28.4 Å². The Labute approximate surface area is 238 Å². The number of benzene rings is 2. The van der Waals surface area contributed by atoms with Gasteiger partial charge in [0.05, 0.1) is 51.4 Å². The van der Waals surface area contributed by atoms with E-state index < -0.39 is 11.7 Å². The van der Waals surface area contributed by atoms with Crippen molar-refractivity contribution in [2.24, 2.45) is 0 Å². The number of anilines is 1. The minimum Gasteiger partial charge on any atom is -0.490 e. The maximum absolute atomic E-state index is 10.1. The summed E-state index contributed by atoms with van der Waals surface area (Å²) in [5.74, 6) is 0.910. The van der Waals surface area contributed by atoms with Crippen LogP contribution >= 0.6 is 0 Å². The second-order valence-corrected chi connectivity index (χ2v) is 10.5. The molecule has 0 unspecified atom stereocenters. The molecule has 40 heavy (non-hydrogen) atoms. The van der Waals surface area contributed by atoms with Gasteiger partial charge in [-0.05, 0) is 55.1 Å². The molecule has 2 N–H and O–H groups in total. The molecule has 1 fully saturated rings. The van der Waals surface area contributed by atoms with Gasteiger partial charge in [-0.15, -0.1) is 0 Å². The first-order valence-electron chi connectivity index (χ1n) is 14.4. The van der Waals surface area contributed by atoms with Crippen LogP contribution in [0.4, 0.5) is 5.69 Å². The molecule has 0 saturated carbocycles. The average molecular weight is 559 g/mol. The van der Waals surface area contributed by atoms with E-state index in [0.717, 1.165) is 67.2 Å². The Kier molecular flexibility index (Phi) is 12.0. The number of hydrogen-bond acceptors (Lipinski definition) is 9. The third-order valence-electron chi connectivity index (χ3n) is 7.46. The summed E-state index contributed by atoms with van der Waals surface area (Å²) in [7, 11) is 3.41. The van der Waals surface area contributed by atoms with Crippen LogP contribution < -0.4 is 15.0 Å². The lowest BCUT2D eigenvalue weighted by molar-refractivity contribution is -0.180. The fourth-order valence-electron chi connectivity index (χ4n) is 5.33. The van der Waals surface area contributed by atoms with Gasteiger partial charge in [-0.25, -0.2) is 0 Å². The number of hydrogen-bond donors (Lipinski definition) is 2. The molecule has 2 aliphatic heterocycles. The van der Waals surface area contributed by atoms with Crippen LogP contribution in [0.5, 0.6) is 5.75 Å². The molecule has 3 atom stereocenters. The van der Waals surface area contributed by atoms with E-state index in [1.807, 2.05) is 6.07 Å². The van der Waals surface area contributed by atoms with E-state index in [-0.39, 0.29) is 12.7 Å². The van der Waals surface area contributed by atoms with Gasteiger partial charge in [0.25, 0.3) is 0 Å². The number of piperidine rings is 1. The van der Waals surface area contributed by atoms with Crippen molar-refractivity contribution in [1.82, 2.24) is 5.32 Å². The van der Waals surface area contributed by atoms with E-state index in [1.165, 1.54) is 0 Å². The van der Waals surface area contributed by atoms with Gasteiger partial charge in [0, 0.05) is 33.9 Å². The van der Waals surface area contributed by atoms with E-state index in [2.05, 4.69) is 46.6 Å². The van der Waals surface area contributed by atoms with Crippen molar-refractivity contribution >= 4 is 5.69 Å². The third kappa shape index (κ3) is 8.16. The molecule has 1 saturated heterocycles. The van der Waals surface area contributed by atoms with Crippen molar-refractivity contribution < 1.29 is 33.5 Å². The molecule has 2 aromatic rings. The van der Waals surface area contributed by atoms with Crippen molar-refractivity contribution in [3.8, 4) is 5.75 Å². The number of methoxy groups -OCH3 is 2. The molecule has 2 aliphatic rings. The Morgan fingerprint density at radius 1 is 1.05 bits per heavy atom. The van der Waals surface area contributed by atoms with Crippen LogP contribution in [0.25, 0.3) is 0 Å². The van der Waals surface area contributed by atoms with Gasteiger partial charge >= 0.3 is 0 Å². The molecule has 9 heteroatoms. The van der Waals surface area contributed by atoms with Gasteiger partial charge in [-0.1, -0.05) is 30.3 Å². The maximum Gasteiger partial charge on any atom is 0.142 e. The second-order valence-electron chi connectivity index (χ2n) is 10.5. The van der Waals surface area contributed by atoms with Crippen LogP contribution in [0.15, 0.2) is 42.5 Å². The van der Waals surface area contributed by atoms with E-state index in [9.17, 15) is 5.11 Å². The predicted molar refractivity (Wildman–Crippen MR) is 154 cm³/mol. The molecule has 4 rings (SSSR count).